The van der Waals surface area contributed by atoms with Gasteiger partial charge in [0.1, 0.15) is 0 Å². The predicted octanol–water partition coefficient (Wildman–Crippen LogP) is 1.42. The van der Waals surface area contributed by atoms with Gasteiger partial charge >= 0.3 is 0 Å². The molecule has 0 spiro atoms. The van der Waals surface area contributed by atoms with Crippen molar-refractivity contribution in [3.8, 4) is 0 Å². The fraction of sp³-hybridized carbons (Fsp3) is 0.615. The van der Waals surface area contributed by atoms with Crippen molar-refractivity contribution in [2.45, 2.75) is 31.8 Å². The van der Waals surface area contributed by atoms with Gasteiger partial charge in [-0.2, -0.15) is 11.3 Å². The lowest BCUT2D eigenvalue weighted by Crippen LogP contribution is -2.45. The molecule has 1 fully saturated rings. The summed E-state index contributed by atoms with van der Waals surface area (Å²) in [6, 6.07) is 1.87. The van der Waals surface area contributed by atoms with Gasteiger partial charge in [0.15, 0.2) is 0 Å². The molecule has 0 aromatic carbocycles. The SMILES string of the molecule is NCC1(C(=O)NCC(O)c2ccsc2)CCCC1. The molecule has 0 aliphatic heterocycles. The van der Waals surface area contributed by atoms with Crippen LogP contribution >= 0.6 is 11.3 Å². The number of nitrogens with two attached hydrogens (primary N) is 1. The van der Waals surface area contributed by atoms with Gasteiger partial charge in [-0.3, -0.25) is 4.79 Å². The van der Waals surface area contributed by atoms with E-state index in [2.05, 4.69) is 5.32 Å². The minimum Gasteiger partial charge on any atom is -0.387 e. The van der Waals surface area contributed by atoms with E-state index in [1.807, 2.05) is 16.8 Å². The molecule has 0 saturated heterocycles. The lowest BCUT2D eigenvalue weighted by atomic mass is 9.85. The summed E-state index contributed by atoms with van der Waals surface area (Å²) >= 11 is 1.54. The van der Waals surface area contributed by atoms with Crippen LogP contribution in [0.4, 0.5) is 0 Å². The number of thiophene rings is 1. The predicted molar refractivity (Wildman–Crippen MR) is 72.2 cm³/mol. The molecule has 1 aliphatic rings. The van der Waals surface area contributed by atoms with Crippen molar-refractivity contribution in [2.75, 3.05) is 13.1 Å². The fourth-order valence-electron chi connectivity index (χ4n) is 2.53. The van der Waals surface area contributed by atoms with Gasteiger partial charge in [-0.25, -0.2) is 0 Å². The molecule has 5 heteroatoms. The Hall–Kier alpha value is -0.910. The molecule has 1 aromatic heterocycles. The third kappa shape index (κ3) is 2.74. The van der Waals surface area contributed by atoms with Crippen LogP contribution in [0.15, 0.2) is 16.8 Å². The van der Waals surface area contributed by atoms with Gasteiger partial charge in [0.05, 0.1) is 11.5 Å². The van der Waals surface area contributed by atoms with E-state index in [0.717, 1.165) is 31.2 Å². The van der Waals surface area contributed by atoms with Gasteiger partial charge in [0, 0.05) is 13.1 Å². The van der Waals surface area contributed by atoms with Gasteiger partial charge in [0.25, 0.3) is 0 Å². The van der Waals surface area contributed by atoms with Crippen molar-refractivity contribution in [1.29, 1.82) is 0 Å². The molecule has 1 saturated carbocycles. The first-order valence-corrected chi connectivity index (χ1v) is 7.31. The summed E-state index contributed by atoms with van der Waals surface area (Å²) in [5.41, 5.74) is 6.21. The highest BCUT2D eigenvalue weighted by atomic mass is 32.1. The van der Waals surface area contributed by atoms with Gasteiger partial charge < -0.3 is 16.2 Å². The normalized spacial score (nSPS) is 19.7. The van der Waals surface area contributed by atoms with E-state index in [4.69, 9.17) is 5.73 Å². The lowest BCUT2D eigenvalue weighted by molar-refractivity contribution is -0.130. The molecule has 4 nitrogen and oxygen atoms in total. The number of hydrogen-bond acceptors (Lipinski definition) is 4. The molecule has 4 N–H and O–H groups in total. The van der Waals surface area contributed by atoms with E-state index in [0.29, 0.717) is 6.54 Å². The van der Waals surface area contributed by atoms with E-state index in [9.17, 15) is 9.90 Å². The first-order valence-electron chi connectivity index (χ1n) is 6.36. The van der Waals surface area contributed by atoms with Crippen LogP contribution < -0.4 is 11.1 Å². The van der Waals surface area contributed by atoms with E-state index in [1.165, 1.54) is 11.3 Å². The molecule has 18 heavy (non-hydrogen) atoms. The average Bonchev–Trinajstić information content (AvgIpc) is 3.06. The molecule has 0 bridgehead atoms. The van der Waals surface area contributed by atoms with Crippen LogP contribution in [0.25, 0.3) is 0 Å². The molecular weight excluding hydrogens is 248 g/mol. The molecule has 1 aromatic rings. The smallest absolute Gasteiger partial charge is 0.227 e. The second kappa shape index (κ2) is 5.82. The van der Waals surface area contributed by atoms with Crippen LogP contribution in [-0.4, -0.2) is 24.1 Å². The number of rotatable bonds is 5. The summed E-state index contributed by atoms with van der Waals surface area (Å²) in [7, 11) is 0. The molecule has 100 valence electrons. The van der Waals surface area contributed by atoms with E-state index >= 15 is 0 Å². The summed E-state index contributed by atoms with van der Waals surface area (Å²) in [4.78, 5) is 12.2. The Balaban J connectivity index is 1.88. The Morgan fingerprint density at radius 3 is 2.83 bits per heavy atom. The summed E-state index contributed by atoms with van der Waals surface area (Å²) < 4.78 is 0. The van der Waals surface area contributed by atoms with Crippen molar-refractivity contribution in [3.63, 3.8) is 0 Å². The van der Waals surface area contributed by atoms with Crippen LogP contribution in [0.2, 0.25) is 0 Å². The number of aliphatic hydroxyl groups excluding tert-OH is 1. The molecule has 2 rings (SSSR count). The van der Waals surface area contributed by atoms with Gasteiger partial charge in [-0.1, -0.05) is 12.8 Å². The zero-order valence-corrected chi connectivity index (χ0v) is 11.2. The van der Waals surface area contributed by atoms with Crippen molar-refractivity contribution < 1.29 is 9.90 Å². The zero-order valence-electron chi connectivity index (χ0n) is 10.4. The quantitative estimate of drug-likeness (QED) is 0.756. The molecule has 1 aliphatic carbocycles. The van der Waals surface area contributed by atoms with Crippen LogP contribution in [0.1, 0.15) is 37.4 Å². The Bertz CT molecular complexity index is 386. The zero-order chi connectivity index (χ0) is 13.0. The summed E-state index contributed by atoms with van der Waals surface area (Å²) in [5.74, 6) is -0.00298. The maximum Gasteiger partial charge on any atom is 0.227 e. The Morgan fingerprint density at radius 2 is 2.28 bits per heavy atom. The van der Waals surface area contributed by atoms with Gasteiger partial charge in [-0.05, 0) is 35.2 Å². The average molecular weight is 268 g/mol. The Morgan fingerprint density at radius 1 is 1.56 bits per heavy atom. The second-order valence-corrected chi connectivity index (χ2v) is 5.75. The van der Waals surface area contributed by atoms with Crippen LogP contribution in [0, 0.1) is 5.41 Å². The van der Waals surface area contributed by atoms with Gasteiger partial charge in [0.2, 0.25) is 5.91 Å². The molecule has 0 radical (unpaired) electrons. The number of aliphatic hydroxyl groups is 1. The molecular formula is C13H20N2O2S. The monoisotopic (exact) mass is 268 g/mol. The van der Waals surface area contributed by atoms with Crippen LogP contribution in [-0.2, 0) is 4.79 Å². The lowest BCUT2D eigenvalue weighted by Gasteiger charge is -2.26. The Labute approximate surface area is 111 Å². The maximum atomic E-state index is 12.2. The highest BCUT2D eigenvalue weighted by molar-refractivity contribution is 7.07. The van der Waals surface area contributed by atoms with E-state index < -0.39 is 11.5 Å². The first kappa shape index (κ1) is 13.5. The first-order chi connectivity index (χ1) is 8.68. The molecule has 1 amide bonds. The standard InChI is InChI=1S/C13H20N2O2S/c14-9-13(4-1-2-5-13)12(17)15-7-11(16)10-3-6-18-8-10/h3,6,8,11,16H,1-2,4-5,7,9,14H2,(H,15,17). The highest BCUT2D eigenvalue weighted by Gasteiger charge is 2.39. The van der Waals surface area contributed by atoms with Crippen molar-refractivity contribution in [1.82, 2.24) is 5.32 Å². The van der Waals surface area contributed by atoms with Crippen molar-refractivity contribution in [3.05, 3.63) is 22.4 Å². The van der Waals surface area contributed by atoms with Crippen LogP contribution in [0.3, 0.4) is 0 Å². The van der Waals surface area contributed by atoms with Gasteiger partial charge in [-0.15, -0.1) is 0 Å². The number of nitrogens with one attached hydrogen (secondary N) is 1. The Kier molecular flexibility index (Phi) is 4.37. The number of carbonyl (C=O) groups excluding carboxylic acids is 1. The third-order valence-corrected chi connectivity index (χ3v) is 4.52. The van der Waals surface area contributed by atoms with Crippen LogP contribution in [0.5, 0.6) is 0 Å². The van der Waals surface area contributed by atoms with Crippen molar-refractivity contribution >= 4 is 17.2 Å². The minimum absolute atomic E-state index is 0.00298. The largest absolute Gasteiger partial charge is 0.387 e. The second-order valence-electron chi connectivity index (χ2n) is 4.97. The topological polar surface area (TPSA) is 75.4 Å². The number of carbonyl (C=O) groups is 1. The van der Waals surface area contributed by atoms with E-state index in [1.54, 1.807) is 0 Å². The summed E-state index contributed by atoms with van der Waals surface area (Å²) in [6.45, 7) is 0.657. The number of amides is 1. The highest BCUT2D eigenvalue weighted by Crippen LogP contribution is 2.37. The molecule has 1 heterocycles. The van der Waals surface area contributed by atoms with Crippen molar-refractivity contribution in [2.24, 2.45) is 11.1 Å². The summed E-state index contributed by atoms with van der Waals surface area (Å²) in [5, 5.41) is 16.6. The molecule has 1 unspecified atom stereocenters. The fourth-order valence-corrected chi connectivity index (χ4v) is 3.24. The van der Waals surface area contributed by atoms with E-state index in [-0.39, 0.29) is 12.5 Å². The third-order valence-electron chi connectivity index (χ3n) is 3.82. The maximum absolute atomic E-state index is 12.2. The molecule has 1 atom stereocenters. The number of hydrogen-bond donors (Lipinski definition) is 3. The summed E-state index contributed by atoms with van der Waals surface area (Å²) in [6.07, 6.45) is 3.24. The minimum atomic E-state index is -0.628.